The number of hydrogen-bond acceptors (Lipinski definition) is 2. The summed E-state index contributed by atoms with van der Waals surface area (Å²) in [6, 6.07) is 0. The number of nitrogens with one attached hydrogen (secondary N) is 1. The highest BCUT2D eigenvalue weighted by molar-refractivity contribution is 6.76. The first kappa shape index (κ1) is 21.2. The molecule has 0 amide bonds. The lowest BCUT2D eigenvalue weighted by Crippen LogP contribution is -2.31. The van der Waals surface area contributed by atoms with Crippen molar-refractivity contribution in [3.8, 4) is 0 Å². The highest BCUT2D eigenvalue weighted by Crippen LogP contribution is 2.35. The smallest absolute Gasteiger partial charge is 0.228 e. The molecule has 19 heavy (non-hydrogen) atoms. The van der Waals surface area contributed by atoms with E-state index in [0.29, 0.717) is 6.54 Å². The zero-order chi connectivity index (χ0) is 15.9. The first-order chi connectivity index (χ1) is 8.22. The average Bonchev–Trinajstić information content (AvgIpc) is 2.13. The lowest BCUT2D eigenvalue weighted by molar-refractivity contribution is 0.384. The lowest BCUT2D eigenvalue weighted by atomic mass is 9.91. The number of hydrogen-bond donors (Lipinski definition) is 1. The molecule has 7 heteroatoms. The van der Waals surface area contributed by atoms with Crippen molar-refractivity contribution in [3.05, 3.63) is 10.4 Å². The van der Waals surface area contributed by atoms with Crippen LogP contribution in [0.2, 0.25) is 0 Å². The SMILES string of the molecule is CC(C)(C)C(=N)C(Cl)(Cl)Cl.CC(C)(C)CCN=[N+]=[N-]. The van der Waals surface area contributed by atoms with E-state index in [9.17, 15) is 0 Å². The minimum Gasteiger partial charge on any atom is -0.305 e. The Morgan fingerprint density at radius 2 is 1.53 bits per heavy atom. The third kappa shape index (κ3) is 14.1. The Hall–Kier alpha value is -0.150. The van der Waals surface area contributed by atoms with Gasteiger partial charge in [0, 0.05) is 16.9 Å². The monoisotopic (exact) mass is 328 g/mol. The van der Waals surface area contributed by atoms with Crippen molar-refractivity contribution in [2.45, 2.75) is 51.8 Å². The van der Waals surface area contributed by atoms with Gasteiger partial charge < -0.3 is 5.41 Å². The predicted molar refractivity (Wildman–Crippen MR) is 85.6 cm³/mol. The van der Waals surface area contributed by atoms with E-state index in [4.69, 9.17) is 45.7 Å². The molecule has 0 aromatic rings. The number of alkyl halides is 3. The lowest BCUT2D eigenvalue weighted by Gasteiger charge is -2.24. The van der Waals surface area contributed by atoms with Gasteiger partial charge in [0.25, 0.3) is 0 Å². The van der Waals surface area contributed by atoms with Crippen LogP contribution in [0.5, 0.6) is 0 Å². The zero-order valence-electron chi connectivity index (χ0n) is 12.4. The molecule has 0 aromatic heterocycles. The summed E-state index contributed by atoms with van der Waals surface area (Å²) in [7, 11) is 0. The molecular formula is C12H23Cl3N4. The predicted octanol–water partition coefficient (Wildman–Crippen LogP) is 6.16. The van der Waals surface area contributed by atoms with E-state index in [1.165, 1.54) is 0 Å². The normalized spacial score (nSPS) is 12.1. The molecule has 0 spiro atoms. The van der Waals surface area contributed by atoms with Gasteiger partial charge in [-0.1, -0.05) is 81.5 Å². The molecule has 0 atom stereocenters. The first-order valence-corrected chi connectivity index (χ1v) is 7.02. The number of nitrogens with zero attached hydrogens (tertiary/aromatic N) is 3. The van der Waals surface area contributed by atoms with Gasteiger partial charge in [-0.15, -0.1) is 0 Å². The number of azide groups is 1. The van der Waals surface area contributed by atoms with E-state index in [2.05, 4.69) is 30.8 Å². The van der Waals surface area contributed by atoms with E-state index in [1.807, 2.05) is 20.8 Å². The van der Waals surface area contributed by atoms with Crippen molar-refractivity contribution in [1.82, 2.24) is 0 Å². The van der Waals surface area contributed by atoms with E-state index in [0.717, 1.165) is 6.42 Å². The molecule has 0 rings (SSSR count). The summed E-state index contributed by atoms with van der Waals surface area (Å²) in [5, 5.41) is 10.8. The Balaban J connectivity index is 0. The summed E-state index contributed by atoms with van der Waals surface area (Å²) in [5.41, 5.74) is 7.95. The quantitative estimate of drug-likeness (QED) is 0.207. The van der Waals surface area contributed by atoms with Crippen LogP contribution in [0.1, 0.15) is 48.0 Å². The molecule has 4 nitrogen and oxygen atoms in total. The van der Waals surface area contributed by atoms with Crippen molar-refractivity contribution >= 4 is 40.5 Å². The summed E-state index contributed by atoms with van der Waals surface area (Å²) < 4.78 is -1.56. The van der Waals surface area contributed by atoms with E-state index in [-0.39, 0.29) is 16.5 Å². The number of halogens is 3. The molecule has 0 aliphatic heterocycles. The van der Waals surface area contributed by atoms with Gasteiger partial charge in [0.15, 0.2) is 0 Å². The van der Waals surface area contributed by atoms with Crippen molar-refractivity contribution in [3.63, 3.8) is 0 Å². The van der Waals surface area contributed by atoms with Crippen molar-refractivity contribution in [1.29, 1.82) is 5.41 Å². The summed E-state index contributed by atoms with van der Waals surface area (Å²) in [5.74, 6) is 0. The first-order valence-electron chi connectivity index (χ1n) is 5.89. The average molecular weight is 330 g/mol. The molecule has 0 fully saturated rings. The van der Waals surface area contributed by atoms with E-state index in [1.54, 1.807) is 0 Å². The molecule has 112 valence electrons. The molecule has 1 N–H and O–H groups in total. The molecule has 0 heterocycles. The second-order valence-corrected chi connectivity index (χ2v) is 8.67. The fourth-order valence-corrected chi connectivity index (χ4v) is 1.71. The highest BCUT2D eigenvalue weighted by atomic mass is 35.6. The third-order valence-electron chi connectivity index (χ3n) is 2.06. The molecule has 0 aliphatic carbocycles. The molecule has 0 saturated heterocycles. The molecule has 0 saturated carbocycles. The van der Waals surface area contributed by atoms with Crippen LogP contribution in [0, 0.1) is 16.2 Å². The Morgan fingerprint density at radius 3 is 1.68 bits per heavy atom. The standard InChI is InChI=1S/C6H10Cl3N.C6H13N3/c1-5(2,3)4(10)6(7,8)9;1-6(2,3)4-5-8-9-7/h10H,1-3H3;4-5H2,1-3H3. The van der Waals surface area contributed by atoms with Gasteiger partial charge in [0.05, 0.1) is 5.71 Å². The van der Waals surface area contributed by atoms with Crippen LogP contribution < -0.4 is 0 Å². The largest absolute Gasteiger partial charge is 0.305 e. The molecule has 0 bridgehead atoms. The molecular weight excluding hydrogens is 307 g/mol. The highest BCUT2D eigenvalue weighted by Gasteiger charge is 2.34. The van der Waals surface area contributed by atoms with Crippen molar-refractivity contribution < 1.29 is 0 Å². The van der Waals surface area contributed by atoms with Gasteiger partial charge in [0.2, 0.25) is 3.79 Å². The van der Waals surface area contributed by atoms with Crippen LogP contribution >= 0.6 is 34.8 Å². The summed E-state index contributed by atoms with van der Waals surface area (Å²) in [4.78, 5) is 2.66. The van der Waals surface area contributed by atoms with Crippen LogP contribution in [0.4, 0.5) is 0 Å². The number of rotatable bonds is 2. The Labute approximate surface area is 130 Å². The van der Waals surface area contributed by atoms with Gasteiger partial charge in [-0.05, 0) is 17.4 Å². The molecule has 0 unspecified atom stereocenters. The zero-order valence-corrected chi connectivity index (χ0v) is 14.7. The van der Waals surface area contributed by atoms with E-state index < -0.39 is 3.79 Å². The Bertz CT molecular complexity index is 312. The fraction of sp³-hybridized carbons (Fsp3) is 0.917. The topological polar surface area (TPSA) is 72.6 Å². The van der Waals surface area contributed by atoms with Gasteiger partial charge in [-0.25, -0.2) is 0 Å². The van der Waals surface area contributed by atoms with Crippen LogP contribution in [0.15, 0.2) is 5.11 Å². The summed E-state index contributed by atoms with van der Waals surface area (Å²) in [6.45, 7) is 12.5. The van der Waals surface area contributed by atoms with Crippen LogP contribution in [0.25, 0.3) is 10.4 Å². The van der Waals surface area contributed by atoms with Crippen molar-refractivity contribution in [2.24, 2.45) is 15.9 Å². The minimum atomic E-state index is -1.56. The minimum absolute atomic E-state index is 0.116. The van der Waals surface area contributed by atoms with Gasteiger partial charge >= 0.3 is 0 Å². The van der Waals surface area contributed by atoms with Crippen LogP contribution in [0.3, 0.4) is 0 Å². The van der Waals surface area contributed by atoms with Gasteiger partial charge in [-0.2, -0.15) is 0 Å². The fourth-order valence-electron chi connectivity index (χ4n) is 0.855. The second-order valence-electron chi connectivity index (χ2n) is 6.39. The maximum absolute atomic E-state index is 7.92. The van der Waals surface area contributed by atoms with Crippen LogP contribution in [-0.4, -0.2) is 16.0 Å². The molecule has 0 aromatic carbocycles. The third-order valence-corrected chi connectivity index (χ3v) is 2.63. The maximum Gasteiger partial charge on any atom is 0.228 e. The van der Waals surface area contributed by atoms with E-state index >= 15 is 0 Å². The van der Waals surface area contributed by atoms with Gasteiger partial charge in [0.1, 0.15) is 0 Å². The van der Waals surface area contributed by atoms with Crippen LogP contribution in [-0.2, 0) is 0 Å². The Kier molecular flexibility index (Phi) is 9.14. The van der Waals surface area contributed by atoms with Crippen molar-refractivity contribution in [2.75, 3.05) is 6.54 Å². The molecule has 0 radical (unpaired) electrons. The molecule has 0 aliphatic rings. The summed E-state index contributed by atoms with van der Waals surface area (Å²) in [6.07, 6.45) is 0.955. The maximum atomic E-state index is 7.92. The second kappa shape index (κ2) is 8.21. The van der Waals surface area contributed by atoms with Gasteiger partial charge in [-0.3, -0.25) is 0 Å². The summed E-state index contributed by atoms with van der Waals surface area (Å²) >= 11 is 16.4. The Morgan fingerprint density at radius 1 is 1.11 bits per heavy atom.